The Balaban J connectivity index is 2.57. The van der Waals surface area contributed by atoms with Gasteiger partial charge in [0.25, 0.3) is 0 Å². The number of hydrogen-bond acceptors (Lipinski definition) is 4. The summed E-state index contributed by atoms with van der Waals surface area (Å²) in [5, 5.41) is 22.6. The second kappa shape index (κ2) is 8.20. The van der Waals surface area contributed by atoms with E-state index in [-0.39, 0.29) is 13.0 Å². The van der Waals surface area contributed by atoms with Crippen LogP contribution in [0.1, 0.15) is 6.42 Å². The van der Waals surface area contributed by atoms with Crippen LogP contribution in [0.2, 0.25) is 0 Å². The zero-order valence-corrected chi connectivity index (χ0v) is 14.2. The van der Waals surface area contributed by atoms with Gasteiger partial charge in [0, 0.05) is 23.5 Å². The zero-order chi connectivity index (χ0) is 16.0. The maximum atomic E-state index is 11.7. The van der Waals surface area contributed by atoms with Crippen molar-refractivity contribution in [2.75, 3.05) is 19.0 Å². The van der Waals surface area contributed by atoms with E-state index in [0.29, 0.717) is 15.9 Å². The molecule has 0 aliphatic rings. The minimum atomic E-state index is -1.50. The van der Waals surface area contributed by atoms with Gasteiger partial charge in [0.1, 0.15) is 5.75 Å². The van der Waals surface area contributed by atoms with Crippen LogP contribution in [0.4, 0.5) is 10.5 Å². The summed E-state index contributed by atoms with van der Waals surface area (Å²) in [6, 6.07) is 2.83. The molecule has 9 heteroatoms. The molecule has 0 bridgehead atoms. The molecule has 21 heavy (non-hydrogen) atoms. The van der Waals surface area contributed by atoms with E-state index in [2.05, 4.69) is 42.5 Å². The van der Waals surface area contributed by atoms with E-state index in [1.807, 2.05) is 0 Å². The van der Waals surface area contributed by atoms with Crippen molar-refractivity contribution in [1.82, 2.24) is 5.32 Å². The molecule has 1 unspecified atom stereocenters. The van der Waals surface area contributed by atoms with E-state index in [9.17, 15) is 9.59 Å². The lowest BCUT2D eigenvalue weighted by molar-refractivity contribution is -0.146. The Labute approximate surface area is 137 Å². The number of aliphatic hydroxyl groups is 1. The molecule has 0 saturated heterocycles. The number of amides is 2. The summed E-state index contributed by atoms with van der Waals surface area (Å²) in [5.41, 5.74) is 0.492. The molecule has 0 spiro atoms. The fraction of sp³-hybridized carbons (Fsp3) is 0.333. The number of ether oxygens (including phenoxy) is 1. The molecule has 0 heterocycles. The summed E-state index contributed by atoms with van der Waals surface area (Å²) < 4.78 is 6.50. The average Bonchev–Trinajstić information content (AvgIpc) is 2.41. The van der Waals surface area contributed by atoms with Gasteiger partial charge in [0.2, 0.25) is 0 Å². The summed E-state index contributed by atoms with van der Waals surface area (Å²) in [5.74, 6) is -0.771. The number of aliphatic hydroxyl groups excluding tert-OH is 1. The molecule has 1 rings (SSSR count). The van der Waals surface area contributed by atoms with Gasteiger partial charge in [-0.3, -0.25) is 0 Å². The Hall–Kier alpha value is -1.32. The maximum Gasteiger partial charge on any atom is 0.332 e. The number of rotatable bonds is 6. The number of carboxylic acid groups (broad SMARTS) is 1. The Morgan fingerprint density at radius 3 is 2.57 bits per heavy atom. The summed E-state index contributed by atoms with van der Waals surface area (Å²) in [7, 11) is 1.51. The molecule has 0 aliphatic carbocycles. The van der Waals surface area contributed by atoms with E-state index in [0.717, 1.165) is 4.47 Å². The predicted octanol–water partition coefficient (Wildman–Crippen LogP) is 2.18. The molecule has 0 saturated carbocycles. The Kier molecular flexibility index (Phi) is 6.93. The van der Waals surface area contributed by atoms with Crippen molar-refractivity contribution < 1.29 is 24.5 Å². The monoisotopic (exact) mass is 424 g/mol. The first kappa shape index (κ1) is 17.7. The summed E-state index contributed by atoms with van der Waals surface area (Å²) in [6.45, 7) is 0.0323. The highest BCUT2D eigenvalue weighted by Crippen LogP contribution is 2.34. The molecule has 1 aromatic carbocycles. The van der Waals surface area contributed by atoms with Crippen molar-refractivity contribution in [1.29, 1.82) is 0 Å². The third-order valence-corrected chi connectivity index (χ3v) is 3.75. The molecule has 7 nitrogen and oxygen atoms in total. The van der Waals surface area contributed by atoms with Crippen molar-refractivity contribution in [3.05, 3.63) is 21.1 Å². The largest absolute Gasteiger partial charge is 0.495 e. The maximum absolute atomic E-state index is 11.7. The molecule has 1 atom stereocenters. The lowest BCUT2D eigenvalue weighted by atomic mass is 10.2. The SMILES string of the molecule is COc1cc(NC(=O)NCCC(O)C(=O)O)c(Br)cc1Br. The molecule has 1 aromatic rings. The van der Waals surface area contributed by atoms with Crippen LogP contribution in [0.3, 0.4) is 0 Å². The topological polar surface area (TPSA) is 108 Å². The van der Waals surface area contributed by atoms with Crippen molar-refractivity contribution in [2.45, 2.75) is 12.5 Å². The molecule has 2 amide bonds. The van der Waals surface area contributed by atoms with Gasteiger partial charge in [-0.05, 0) is 37.9 Å². The molecule has 0 fully saturated rings. The molecule has 4 N–H and O–H groups in total. The predicted molar refractivity (Wildman–Crippen MR) is 83.7 cm³/mol. The normalized spacial score (nSPS) is 11.6. The number of carbonyl (C=O) groups excluding carboxylic acids is 1. The zero-order valence-electron chi connectivity index (χ0n) is 11.0. The number of carboxylic acids is 1. The van der Waals surface area contributed by atoms with Gasteiger partial charge >= 0.3 is 12.0 Å². The lowest BCUT2D eigenvalue weighted by Crippen LogP contribution is -2.33. The van der Waals surface area contributed by atoms with E-state index in [1.165, 1.54) is 7.11 Å². The summed E-state index contributed by atoms with van der Waals surface area (Å²) in [4.78, 5) is 22.1. The molecular weight excluding hydrogens is 412 g/mol. The average molecular weight is 426 g/mol. The molecule has 116 valence electrons. The second-order valence-corrected chi connectivity index (χ2v) is 5.70. The van der Waals surface area contributed by atoms with Crippen molar-refractivity contribution in [3.63, 3.8) is 0 Å². The quantitative estimate of drug-likeness (QED) is 0.558. The first-order chi connectivity index (χ1) is 9.85. The van der Waals surface area contributed by atoms with E-state index in [1.54, 1.807) is 12.1 Å². The molecular formula is C12H14Br2N2O5. The lowest BCUT2D eigenvalue weighted by Gasteiger charge is -2.12. The van der Waals surface area contributed by atoms with Crippen LogP contribution in [0, 0.1) is 0 Å². The third-order valence-electron chi connectivity index (χ3n) is 2.48. The minimum absolute atomic E-state index is 0.0323. The van der Waals surface area contributed by atoms with Gasteiger partial charge in [0.15, 0.2) is 6.10 Å². The van der Waals surface area contributed by atoms with Crippen molar-refractivity contribution in [3.8, 4) is 5.75 Å². The van der Waals surface area contributed by atoms with Crippen LogP contribution in [0.5, 0.6) is 5.75 Å². The van der Waals surface area contributed by atoms with E-state index >= 15 is 0 Å². The van der Waals surface area contributed by atoms with Crippen LogP contribution in [-0.4, -0.2) is 42.0 Å². The van der Waals surface area contributed by atoms with Gasteiger partial charge in [0.05, 0.1) is 17.3 Å². The summed E-state index contributed by atoms with van der Waals surface area (Å²) in [6.07, 6.45) is -1.57. The minimum Gasteiger partial charge on any atom is -0.495 e. The highest BCUT2D eigenvalue weighted by Gasteiger charge is 2.14. The number of anilines is 1. The van der Waals surface area contributed by atoms with Crippen molar-refractivity contribution >= 4 is 49.5 Å². The number of hydrogen-bond donors (Lipinski definition) is 4. The van der Waals surface area contributed by atoms with Gasteiger partial charge in [-0.25, -0.2) is 9.59 Å². The van der Waals surface area contributed by atoms with Gasteiger partial charge in [-0.2, -0.15) is 0 Å². The Bertz CT molecular complexity index is 539. The van der Waals surface area contributed by atoms with Gasteiger partial charge in [-0.1, -0.05) is 0 Å². The fourth-order valence-corrected chi connectivity index (χ4v) is 2.65. The standard InChI is InChI=1S/C12H14Br2N2O5/c1-21-10-5-8(6(13)4-7(10)14)16-12(20)15-3-2-9(17)11(18)19/h4-5,9,17H,2-3H2,1H3,(H,18,19)(H2,15,16,20). The molecule has 0 aliphatic heterocycles. The highest BCUT2D eigenvalue weighted by atomic mass is 79.9. The van der Waals surface area contributed by atoms with Gasteiger partial charge in [-0.15, -0.1) is 0 Å². The first-order valence-electron chi connectivity index (χ1n) is 5.84. The molecule has 0 aromatic heterocycles. The third kappa shape index (κ3) is 5.52. The Morgan fingerprint density at radius 2 is 2.00 bits per heavy atom. The van der Waals surface area contributed by atoms with Gasteiger partial charge < -0.3 is 25.6 Å². The smallest absolute Gasteiger partial charge is 0.332 e. The summed E-state index contributed by atoms with van der Waals surface area (Å²) >= 11 is 6.62. The number of halogens is 2. The van der Waals surface area contributed by atoms with Crippen LogP contribution in [-0.2, 0) is 4.79 Å². The first-order valence-corrected chi connectivity index (χ1v) is 7.42. The Morgan fingerprint density at radius 1 is 1.33 bits per heavy atom. The molecule has 0 radical (unpaired) electrons. The van der Waals surface area contributed by atoms with Crippen LogP contribution in [0.15, 0.2) is 21.1 Å². The second-order valence-electron chi connectivity index (χ2n) is 3.99. The fourth-order valence-electron chi connectivity index (χ4n) is 1.39. The van der Waals surface area contributed by atoms with E-state index < -0.39 is 18.1 Å². The number of methoxy groups -OCH3 is 1. The number of urea groups is 1. The number of benzene rings is 1. The van der Waals surface area contributed by atoms with Crippen LogP contribution >= 0.6 is 31.9 Å². The van der Waals surface area contributed by atoms with E-state index in [4.69, 9.17) is 14.9 Å². The van der Waals surface area contributed by atoms with Crippen LogP contribution in [0.25, 0.3) is 0 Å². The number of aliphatic carboxylic acids is 1. The van der Waals surface area contributed by atoms with Crippen molar-refractivity contribution in [2.24, 2.45) is 0 Å². The number of nitrogens with one attached hydrogen (secondary N) is 2. The number of carbonyl (C=O) groups is 2. The highest BCUT2D eigenvalue weighted by molar-refractivity contribution is 9.11. The van der Waals surface area contributed by atoms with Crippen LogP contribution < -0.4 is 15.4 Å².